The maximum absolute atomic E-state index is 9.83. The maximum Gasteiger partial charge on any atom is 0.227 e. The molecule has 0 saturated heterocycles. The van der Waals surface area contributed by atoms with Crippen LogP contribution in [0.1, 0.15) is 6.92 Å². The molecule has 0 aliphatic rings. The molecule has 1 amide bonds. The molecule has 0 rings (SSSR count). The van der Waals surface area contributed by atoms with Gasteiger partial charge in [0.05, 0.1) is 11.2 Å². The molecule has 2 nitrogen and oxygen atoms in total. The van der Waals surface area contributed by atoms with Crippen LogP contribution in [0.5, 0.6) is 0 Å². The number of rotatable bonds is 1. The van der Waals surface area contributed by atoms with Crippen LogP contribution < -0.4 is 4.72 Å². The zero-order valence-electron chi connectivity index (χ0n) is 3.19. The lowest BCUT2D eigenvalue weighted by molar-refractivity contribution is -0.117. The van der Waals surface area contributed by atoms with Crippen LogP contribution in [0, 0.1) is 0 Å². The van der Waals surface area contributed by atoms with E-state index in [1.54, 1.807) is 0 Å². The fourth-order valence-corrected chi connectivity index (χ4v) is 0.489. The third-order valence-electron chi connectivity index (χ3n) is 0.182. The average molecular weight is 126 g/mol. The van der Waals surface area contributed by atoms with Crippen molar-refractivity contribution in [3.63, 3.8) is 0 Å². The van der Waals surface area contributed by atoms with Crippen molar-refractivity contribution in [2.24, 2.45) is 0 Å². The van der Waals surface area contributed by atoms with Crippen LogP contribution in [0.2, 0.25) is 0 Å². The van der Waals surface area contributed by atoms with Gasteiger partial charge >= 0.3 is 0 Å². The number of halogens is 1. The summed E-state index contributed by atoms with van der Waals surface area (Å²) in [5, 5.41) is 0. The molecule has 0 aliphatic carbocycles. The quantitative estimate of drug-likeness (QED) is 0.528. The second kappa shape index (κ2) is 3.31. The fourth-order valence-electron chi connectivity index (χ4n) is 0.0543. The molecule has 1 N–H and O–H groups in total. The third kappa shape index (κ3) is 4.11. The third-order valence-corrected chi connectivity index (χ3v) is 0.778. The molecule has 4 heteroatoms. The smallest absolute Gasteiger partial charge is 0.227 e. The topological polar surface area (TPSA) is 29.1 Å². The average Bonchev–Trinajstić information content (AvgIpc) is 1.35. The Bertz CT molecular complexity index is 57.5. The van der Waals surface area contributed by atoms with Crippen molar-refractivity contribution in [1.29, 1.82) is 0 Å². The van der Waals surface area contributed by atoms with Gasteiger partial charge in [-0.05, 0) is 10.7 Å². The largest absolute Gasteiger partial charge is 0.287 e. The Morgan fingerprint density at radius 1 is 2.00 bits per heavy atom. The van der Waals surface area contributed by atoms with Gasteiger partial charge in [0.2, 0.25) is 5.91 Å². The van der Waals surface area contributed by atoms with E-state index in [4.69, 9.17) is 10.7 Å². The molecule has 0 aromatic carbocycles. The summed E-state index contributed by atoms with van der Waals surface area (Å²) in [7, 11) is 4.98. The highest BCUT2D eigenvalue weighted by Crippen LogP contribution is 1.95. The van der Waals surface area contributed by atoms with Gasteiger partial charge in [0, 0.05) is 6.92 Å². The summed E-state index contributed by atoms with van der Waals surface area (Å²) in [6, 6.07) is 0. The number of hydrogen-bond acceptors (Lipinski definition) is 2. The zero-order valence-corrected chi connectivity index (χ0v) is 4.77. The molecule has 0 spiro atoms. The van der Waals surface area contributed by atoms with E-state index >= 15 is 0 Å². The number of hydrogen-bond donors (Lipinski definition) is 1. The summed E-state index contributed by atoms with van der Waals surface area (Å²) in [6.07, 6.45) is 0. The summed E-state index contributed by atoms with van der Waals surface area (Å²) in [6.45, 7) is 1.40. The lowest BCUT2D eigenvalue weighted by Crippen LogP contribution is -2.07. The van der Waals surface area contributed by atoms with Gasteiger partial charge < -0.3 is 0 Å². The molecule has 0 aromatic heterocycles. The summed E-state index contributed by atoms with van der Waals surface area (Å²) >= 11 is 0.782. The first-order valence-electron chi connectivity index (χ1n) is 1.31. The maximum atomic E-state index is 9.83. The van der Waals surface area contributed by atoms with Gasteiger partial charge in [0.1, 0.15) is 0 Å². The highest BCUT2D eigenvalue weighted by Gasteiger charge is 1.81. The molecule has 0 saturated carbocycles. The summed E-state index contributed by atoms with van der Waals surface area (Å²) in [5.74, 6) is -0.130. The van der Waals surface area contributed by atoms with Crippen LogP contribution in [-0.2, 0) is 4.79 Å². The molecule has 36 valence electrons. The number of nitrogens with one attached hydrogen (secondary N) is 1. The minimum atomic E-state index is -0.130. The number of carbonyl (C=O) groups is 1. The summed E-state index contributed by atoms with van der Waals surface area (Å²) in [4.78, 5) is 9.83. The first-order chi connectivity index (χ1) is 2.77. The van der Waals surface area contributed by atoms with Gasteiger partial charge in [0.15, 0.2) is 0 Å². The van der Waals surface area contributed by atoms with Crippen LogP contribution >= 0.6 is 21.8 Å². The van der Waals surface area contributed by atoms with Crippen molar-refractivity contribution < 1.29 is 4.79 Å². The SMILES string of the molecule is CC(=O)NSCl. The molecule has 0 aromatic rings. The number of carbonyl (C=O) groups excluding carboxylic acids is 1. The van der Waals surface area contributed by atoms with Crippen molar-refractivity contribution >= 4 is 27.8 Å². The lowest BCUT2D eigenvalue weighted by atomic mass is 10.8. The molecule has 0 atom stereocenters. The molecule has 0 radical (unpaired) electrons. The molecule has 6 heavy (non-hydrogen) atoms. The Labute approximate surface area is 44.9 Å². The first kappa shape index (κ1) is 6.11. The van der Waals surface area contributed by atoms with Crippen LogP contribution in [-0.4, -0.2) is 5.91 Å². The van der Waals surface area contributed by atoms with Crippen LogP contribution in [0.15, 0.2) is 0 Å². The van der Waals surface area contributed by atoms with Crippen LogP contribution in [0.4, 0.5) is 0 Å². The van der Waals surface area contributed by atoms with Gasteiger partial charge in [-0.3, -0.25) is 9.52 Å². The molecule has 0 aliphatic heterocycles. The van der Waals surface area contributed by atoms with Gasteiger partial charge in [-0.15, -0.1) is 0 Å². The van der Waals surface area contributed by atoms with E-state index in [2.05, 4.69) is 4.72 Å². The molecule has 0 heterocycles. The van der Waals surface area contributed by atoms with E-state index < -0.39 is 0 Å². The predicted octanol–water partition coefficient (Wildman–Crippen LogP) is 0.925. The second-order valence-electron chi connectivity index (χ2n) is 0.735. The first-order valence-corrected chi connectivity index (χ1v) is 2.96. The van der Waals surface area contributed by atoms with Crippen molar-refractivity contribution in [3.8, 4) is 0 Å². The van der Waals surface area contributed by atoms with Crippen molar-refractivity contribution in [2.45, 2.75) is 6.92 Å². The molecular weight excluding hydrogens is 122 g/mol. The highest BCUT2D eigenvalue weighted by atomic mass is 35.7. The zero-order chi connectivity index (χ0) is 4.99. The predicted molar refractivity (Wildman–Crippen MR) is 27.3 cm³/mol. The van der Waals surface area contributed by atoms with E-state index in [0.29, 0.717) is 0 Å². The van der Waals surface area contributed by atoms with Gasteiger partial charge in [0.25, 0.3) is 0 Å². The van der Waals surface area contributed by atoms with E-state index in [1.807, 2.05) is 0 Å². The molecule has 0 unspecified atom stereocenters. The lowest BCUT2D eigenvalue weighted by Gasteiger charge is -1.84. The monoisotopic (exact) mass is 125 g/mol. The normalized spacial score (nSPS) is 7.67. The van der Waals surface area contributed by atoms with E-state index in [0.717, 1.165) is 11.2 Å². The highest BCUT2D eigenvalue weighted by molar-refractivity contribution is 8.19. The summed E-state index contributed by atoms with van der Waals surface area (Å²) < 4.78 is 2.25. The van der Waals surface area contributed by atoms with Crippen molar-refractivity contribution in [2.75, 3.05) is 0 Å². The Kier molecular flexibility index (Phi) is 3.37. The molecule has 0 bridgehead atoms. The van der Waals surface area contributed by atoms with Gasteiger partial charge in [-0.2, -0.15) is 0 Å². The van der Waals surface area contributed by atoms with Crippen molar-refractivity contribution in [3.05, 3.63) is 0 Å². The van der Waals surface area contributed by atoms with Gasteiger partial charge in [-0.25, -0.2) is 0 Å². The summed E-state index contributed by atoms with van der Waals surface area (Å²) in [5.41, 5.74) is 0. The minimum Gasteiger partial charge on any atom is -0.287 e. The van der Waals surface area contributed by atoms with Gasteiger partial charge in [-0.1, -0.05) is 0 Å². The van der Waals surface area contributed by atoms with Crippen LogP contribution in [0.3, 0.4) is 0 Å². The Hall–Kier alpha value is 0.110. The minimum absolute atomic E-state index is 0.130. The molecular formula is C2H4ClNOS. The van der Waals surface area contributed by atoms with Crippen LogP contribution in [0.25, 0.3) is 0 Å². The second-order valence-corrected chi connectivity index (χ2v) is 1.56. The van der Waals surface area contributed by atoms with Crippen molar-refractivity contribution in [1.82, 2.24) is 4.72 Å². The van der Waals surface area contributed by atoms with E-state index in [9.17, 15) is 4.79 Å². The fraction of sp³-hybridized carbons (Fsp3) is 0.500. The van der Waals surface area contributed by atoms with E-state index in [1.165, 1.54) is 6.92 Å². The Morgan fingerprint density at radius 3 is 2.50 bits per heavy atom. The Morgan fingerprint density at radius 2 is 2.50 bits per heavy atom. The standard InChI is InChI=1S/C2H4ClNOS/c1-2(5)4-6-3/h1H3,(H,4,5). The number of amides is 1. The molecule has 0 fully saturated rings. The Balaban J connectivity index is 2.83. The van der Waals surface area contributed by atoms with E-state index in [-0.39, 0.29) is 5.91 Å².